The van der Waals surface area contributed by atoms with Crippen molar-refractivity contribution in [2.24, 2.45) is 0 Å². The molecule has 0 saturated heterocycles. The highest BCUT2D eigenvalue weighted by atomic mass is 19.1. The molecule has 0 spiro atoms. The maximum absolute atomic E-state index is 12.9. The first kappa shape index (κ1) is 15.6. The van der Waals surface area contributed by atoms with Crippen LogP contribution in [0, 0.1) is 17.1 Å². The lowest BCUT2D eigenvalue weighted by molar-refractivity contribution is 0.104. The average molecular weight is 297 g/mol. The van der Waals surface area contributed by atoms with Crippen molar-refractivity contribution in [1.82, 2.24) is 10.2 Å². The smallest absolute Gasteiger partial charge is 0.203 e. The number of ketones is 1. The van der Waals surface area contributed by atoms with Gasteiger partial charge < -0.3 is 0 Å². The van der Waals surface area contributed by atoms with E-state index in [4.69, 9.17) is 0 Å². The minimum atomic E-state index is -0.441. The second-order valence-corrected chi connectivity index (χ2v) is 5.96. The standard InChI is InChI=1S/C17H16FN3O/c1-17(2,3)16-13(10-20-21-16)8-12(9-19)15(22)11-4-6-14(18)7-5-11/h4-8,10H,1-3H3,(H,20,21)/b12-8+. The van der Waals surface area contributed by atoms with Crippen LogP contribution in [0.25, 0.3) is 6.08 Å². The van der Waals surface area contributed by atoms with E-state index in [0.29, 0.717) is 5.56 Å². The number of halogens is 1. The number of H-pyrrole nitrogens is 1. The second-order valence-electron chi connectivity index (χ2n) is 5.96. The lowest BCUT2D eigenvalue weighted by Crippen LogP contribution is -2.13. The van der Waals surface area contributed by atoms with Crippen molar-refractivity contribution in [2.75, 3.05) is 0 Å². The Hall–Kier alpha value is -2.74. The van der Waals surface area contributed by atoms with E-state index in [0.717, 1.165) is 5.69 Å². The molecule has 22 heavy (non-hydrogen) atoms. The molecule has 2 rings (SSSR count). The molecular formula is C17H16FN3O. The van der Waals surface area contributed by atoms with Crippen LogP contribution in [-0.4, -0.2) is 16.0 Å². The number of benzene rings is 1. The van der Waals surface area contributed by atoms with Gasteiger partial charge in [0.2, 0.25) is 5.78 Å². The first-order valence-electron chi connectivity index (χ1n) is 6.79. The maximum Gasteiger partial charge on any atom is 0.203 e. The molecule has 1 heterocycles. The number of allylic oxidation sites excluding steroid dienone is 1. The number of nitrogens with zero attached hydrogens (tertiary/aromatic N) is 2. The molecule has 0 atom stereocenters. The van der Waals surface area contributed by atoms with E-state index in [1.807, 2.05) is 26.8 Å². The molecule has 112 valence electrons. The summed E-state index contributed by atoms with van der Waals surface area (Å²) >= 11 is 0. The minimum Gasteiger partial charge on any atom is -0.288 e. The van der Waals surface area contributed by atoms with Gasteiger partial charge in [-0.2, -0.15) is 10.4 Å². The molecule has 2 aromatic rings. The quantitative estimate of drug-likeness (QED) is 0.534. The lowest BCUT2D eigenvalue weighted by atomic mass is 9.89. The number of nitriles is 1. The second kappa shape index (κ2) is 5.94. The Morgan fingerprint density at radius 2 is 1.95 bits per heavy atom. The van der Waals surface area contributed by atoms with Crippen LogP contribution in [0.15, 0.2) is 36.0 Å². The minimum absolute atomic E-state index is 0.0153. The topological polar surface area (TPSA) is 69.5 Å². The number of hydrogen-bond acceptors (Lipinski definition) is 3. The van der Waals surface area contributed by atoms with Gasteiger partial charge in [-0.25, -0.2) is 4.39 Å². The molecule has 1 aromatic carbocycles. The Kier molecular flexibility index (Phi) is 4.22. The van der Waals surface area contributed by atoms with E-state index < -0.39 is 11.6 Å². The number of hydrogen-bond donors (Lipinski definition) is 1. The number of Topliss-reactive ketones (excluding diaryl/α,β-unsaturated/α-hetero) is 1. The van der Waals surface area contributed by atoms with Gasteiger partial charge in [-0.15, -0.1) is 0 Å². The molecule has 0 bridgehead atoms. The third kappa shape index (κ3) is 3.29. The summed E-state index contributed by atoms with van der Waals surface area (Å²) in [6.45, 7) is 6.02. The Bertz CT molecular complexity index is 758. The fourth-order valence-corrected chi connectivity index (χ4v) is 2.07. The highest BCUT2D eigenvalue weighted by Crippen LogP contribution is 2.25. The molecule has 0 unspecified atom stereocenters. The van der Waals surface area contributed by atoms with Crippen molar-refractivity contribution in [1.29, 1.82) is 5.26 Å². The van der Waals surface area contributed by atoms with E-state index in [1.165, 1.54) is 30.3 Å². The summed E-state index contributed by atoms with van der Waals surface area (Å²) in [5, 5.41) is 16.1. The van der Waals surface area contributed by atoms with Crippen LogP contribution in [0.3, 0.4) is 0 Å². The lowest BCUT2D eigenvalue weighted by Gasteiger charge is -2.17. The van der Waals surface area contributed by atoms with Crippen LogP contribution >= 0.6 is 0 Å². The zero-order valence-corrected chi connectivity index (χ0v) is 12.6. The predicted octanol–water partition coefficient (Wildman–Crippen LogP) is 3.64. The summed E-state index contributed by atoms with van der Waals surface area (Å²) in [6, 6.07) is 7.03. The molecular weight excluding hydrogens is 281 g/mol. The van der Waals surface area contributed by atoms with Gasteiger partial charge in [0.05, 0.1) is 6.20 Å². The van der Waals surface area contributed by atoms with Crippen molar-refractivity contribution < 1.29 is 9.18 Å². The van der Waals surface area contributed by atoms with Gasteiger partial charge in [0, 0.05) is 22.2 Å². The van der Waals surface area contributed by atoms with Gasteiger partial charge in [-0.05, 0) is 30.3 Å². The highest BCUT2D eigenvalue weighted by Gasteiger charge is 2.20. The molecule has 0 aliphatic rings. The summed E-state index contributed by atoms with van der Waals surface area (Å²) in [5.74, 6) is -0.868. The first-order valence-corrected chi connectivity index (χ1v) is 6.79. The normalized spacial score (nSPS) is 12.0. The summed E-state index contributed by atoms with van der Waals surface area (Å²) in [5.41, 5.74) is 1.60. The molecule has 0 aliphatic carbocycles. The SMILES string of the molecule is CC(C)(C)c1[nH]ncc1/C=C(\C#N)C(=O)c1ccc(F)cc1. The van der Waals surface area contributed by atoms with E-state index in [1.54, 1.807) is 6.20 Å². The fraction of sp³-hybridized carbons (Fsp3) is 0.235. The molecule has 4 nitrogen and oxygen atoms in total. The van der Waals surface area contributed by atoms with Gasteiger partial charge in [0.15, 0.2) is 0 Å². The molecule has 0 amide bonds. The third-order valence-corrected chi connectivity index (χ3v) is 3.19. The van der Waals surface area contributed by atoms with Crippen molar-refractivity contribution in [3.8, 4) is 6.07 Å². The number of nitrogens with one attached hydrogen (secondary N) is 1. The molecule has 0 saturated carbocycles. The van der Waals surface area contributed by atoms with Crippen LogP contribution in [0.1, 0.15) is 42.4 Å². The predicted molar refractivity (Wildman–Crippen MR) is 81.6 cm³/mol. The average Bonchev–Trinajstić information content (AvgIpc) is 2.93. The first-order chi connectivity index (χ1) is 10.3. The number of aromatic nitrogens is 2. The fourth-order valence-electron chi connectivity index (χ4n) is 2.07. The Morgan fingerprint density at radius 1 is 1.32 bits per heavy atom. The zero-order valence-electron chi connectivity index (χ0n) is 12.6. The summed E-state index contributed by atoms with van der Waals surface area (Å²) < 4.78 is 12.9. The van der Waals surface area contributed by atoms with Gasteiger partial charge in [-0.1, -0.05) is 20.8 Å². The van der Waals surface area contributed by atoms with Crippen molar-refractivity contribution in [3.63, 3.8) is 0 Å². The van der Waals surface area contributed by atoms with Crippen LogP contribution in [0.5, 0.6) is 0 Å². The van der Waals surface area contributed by atoms with E-state index in [9.17, 15) is 14.4 Å². The monoisotopic (exact) mass is 297 g/mol. The van der Waals surface area contributed by atoms with Gasteiger partial charge in [0.1, 0.15) is 17.5 Å². The molecule has 0 aliphatic heterocycles. The van der Waals surface area contributed by atoms with Gasteiger partial charge >= 0.3 is 0 Å². The number of rotatable bonds is 3. The van der Waals surface area contributed by atoms with E-state index in [-0.39, 0.29) is 16.6 Å². The van der Waals surface area contributed by atoms with Crippen LogP contribution in [0.4, 0.5) is 4.39 Å². The summed E-state index contributed by atoms with van der Waals surface area (Å²) in [6.07, 6.45) is 3.09. The van der Waals surface area contributed by atoms with Crippen molar-refractivity contribution in [3.05, 3.63) is 58.7 Å². The van der Waals surface area contributed by atoms with E-state index in [2.05, 4.69) is 10.2 Å². The Labute approximate surface area is 128 Å². The summed E-state index contributed by atoms with van der Waals surface area (Å²) in [7, 11) is 0. The van der Waals surface area contributed by atoms with Gasteiger partial charge in [-0.3, -0.25) is 9.89 Å². The summed E-state index contributed by atoms with van der Waals surface area (Å²) in [4.78, 5) is 12.3. The molecule has 1 N–H and O–H groups in total. The molecule has 5 heteroatoms. The third-order valence-electron chi connectivity index (χ3n) is 3.19. The molecule has 0 fully saturated rings. The van der Waals surface area contributed by atoms with Gasteiger partial charge in [0.25, 0.3) is 0 Å². The van der Waals surface area contributed by atoms with E-state index >= 15 is 0 Å². The van der Waals surface area contributed by atoms with Crippen molar-refractivity contribution >= 4 is 11.9 Å². The zero-order chi connectivity index (χ0) is 16.3. The highest BCUT2D eigenvalue weighted by molar-refractivity contribution is 6.14. The van der Waals surface area contributed by atoms with Crippen molar-refractivity contribution in [2.45, 2.75) is 26.2 Å². The van der Waals surface area contributed by atoms with Crippen LogP contribution < -0.4 is 0 Å². The number of carbonyl (C=O) groups is 1. The largest absolute Gasteiger partial charge is 0.288 e. The Balaban J connectivity index is 2.41. The molecule has 0 radical (unpaired) electrons. The van der Waals surface area contributed by atoms with Crippen LogP contribution in [0.2, 0.25) is 0 Å². The number of aromatic amines is 1. The Morgan fingerprint density at radius 3 is 2.50 bits per heavy atom. The number of carbonyl (C=O) groups excluding carboxylic acids is 1. The molecule has 1 aromatic heterocycles. The van der Waals surface area contributed by atoms with Crippen LogP contribution in [-0.2, 0) is 5.41 Å². The maximum atomic E-state index is 12.9.